The lowest BCUT2D eigenvalue weighted by Crippen LogP contribution is -2.23. The maximum atomic E-state index is 10.4. The number of carboxylic acids is 1. The molecular weight excluding hydrogens is 206 g/mol. The molecule has 0 saturated heterocycles. The summed E-state index contributed by atoms with van der Waals surface area (Å²) in [6.45, 7) is 2.40. The first-order valence-corrected chi connectivity index (χ1v) is 5.38. The number of benzene rings is 1. The van der Waals surface area contributed by atoms with Gasteiger partial charge >= 0.3 is 5.97 Å². The quantitative estimate of drug-likeness (QED) is 0.689. The standard InChI is InChI=1S/C12H17NO3/c1-2-10(13-8-7-12(15)16)9-5-3-4-6-11(9)14/h3-6,10,13-14H,2,7-8H2,1H3,(H,15,16). The number of phenols is 1. The molecule has 0 aliphatic rings. The Labute approximate surface area is 94.9 Å². The van der Waals surface area contributed by atoms with E-state index in [0.29, 0.717) is 6.54 Å². The van der Waals surface area contributed by atoms with E-state index in [1.54, 1.807) is 12.1 Å². The average molecular weight is 223 g/mol. The molecule has 0 bridgehead atoms. The first kappa shape index (κ1) is 12.5. The molecule has 16 heavy (non-hydrogen) atoms. The van der Waals surface area contributed by atoms with Crippen molar-refractivity contribution >= 4 is 5.97 Å². The third-order valence-corrected chi connectivity index (χ3v) is 2.45. The van der Waals surface area contributed by atoms with Gasteiger partial charge in [-0.15, -0.1) is 0 Å². The predicted molar refractivity (Wildman–Crippen MR) is 61.4 cm³/mol. The number of phenolic OH excluding ortho intramolecular Hbond substituents is 1. The van der Waals surface area contributed by atoms with Crippen molar-refractivity contribution in [2.45, 2.75) is 25.8 Å². The molecule has 0 fully saturated rings. The highest BCUT2D eigenvalue weighted by atomic mass is 16.4. The SMILES string of the molecule is CCC(NCCC(=O)O)c1ccccc1O. The van der Waals surface area contributed by atoms with Crippen molar-refractivity contribution in [3.63, 3.8) is 0 Å². The first-order chi connectivity index (χ1) is 7.65. The summed E-state index contributed by atoms with van der Waals surface area (Å²) in [6, 6.07) is 7.11. The summed E-state index contributed by atoms with van der Waals surface area (Å²) >= 11 is 0. The van der Waals surface area contributed by atoms with Crippen LogP contribution < -0.4 is 5.32 Å². The highest BCUT2D eigenvalue weighted by molar-refractivity contribution is 5.66. The van der Waals surface area contributed by atoms with Gasteiger partial charge in [0.1, 0.15) is 5.75 Å². The van der Waals surface area contributed by atoms with Crippen LogP contribution in [-0.4, -0.2) is 22.7 Å². The Morgan fingerprint density at radius 3 is 2.69 bits per heavy atom. The molecule has 4 heteroatoms. The molecule has 3 N–H and O–H groups in total. The molecule has 0 aliphatic carbocycles. The van der Waals surface area contributed by atoms with Gasteiger partial charge in [-0.2, -0.15) is 0 Å². The van der Waals surface area contributed by atoms with Crippen molar-refractivity contribution in [2.24, 2.45) is 0 Å². The van der Waals surface area contributed by atoms with Crippen LogP contribution in [0.3, 0.4) is 0 Å². The molecule has 1 unspecified atom stereocenters. The second kappa shape index (κ2) is 6.12. The lowest BCUT2D eigenvalue weighted by molar-refractivity contribution is -0.136. The van der Waals surface area contributed by atoms with E-state index in [1.807, 2.05) is 19.1 Å². The van der Waals surface area contributed by atoms with Gasteiger partial charge in [-0.3, -0.25) is 4.79 Å². The molecule has 0 aliphatic heterocycles. The van der Waals surface area contributed by atoms with Gasteiger partial charge in [0.15, 0.2) is 0 Å². The van der Waals surface area contributed by atoms with E-state index in [0.717, 1.165) is 12.0 Å². The Bertz CT molecular complexity index is 352. The van der Waals surface area contributed by atoms with Gasteiger partial charge in [-0.25, -0.2) is 0 Å². The van der Waals surface area contributed by atoms with E-state index in [-0.39, 0.29) is 18.2 Å². The Morgan fingerprint density at radius 2 is 2.12 bits per heavy atom. The lowest BCUT2D eigenvalue weighted by atomic mass is 10.0. The van der Waals surface area contributed by atoms with E-state index in [4.69, 9.17) is 5.11 Å². The van der Waals surface area contributed by atoms with Crippen molar-refractivity contribution in [3.8, 4) is 5.75 Å². The summed E-state index contributed by atoms with van der Waals surface area (Å²) in [7, 11) is 0. The number of aromatic hydroxyl groups is 1. The second-order valence-electron chi connectivity index (χ2n) is 3.62. The average Bonchev–Trinajstić information content (AvgIpc) is 2.25. The van der Waals surface area contributed by atoms with Crippen LogP contribution in [0.25, 0.3) is 0 Å². The minimum absolute atomic E-state index is 0.000509. The fraction of sp³-hybridized carbons (Fsp3) is 0.417. The molecule has 1 atom stereocenters. The number of hydrogen-bond acceptors (Lipinski definition) is 3. The molecule has 0 radical (unpaired) electrons. The molecule has 0 spiro atoms. The van der Waals surface area contributed by atoms with E-state index in [1.165, 1.54) is 0 Å². The van der Waals surface area contributed by atoms with Crippen molar-refractivity contribution in [3.05, 3.63) is 29.8 Å². The topological polar surface area (TPSA) is 69.6 Å². The molecular formula is C12H17NO3. The summed E-state index contributed by atoms with van der Waals surface area (Å²) in [6.07, 6.45) is 0.890. The number of aliphatic carboxylic acids is 1. The highest BCUT2D eigenvalue weighted by Gasteiger charge is 2.12. The van der Waals surface area contributed by atoms with Gasteiger partial charge in [-0.05, 0) is 12.5 Å². The van der Waals surface area contributed by atoms with Crippen LogP contribution in [0.1, 0.15) is 31.4 Å². The summed E-state index contributed by atoms with van der Waals surface area (Å²) in [5, 5.41) is 21.3. The zero-order valence-corrected chi connectivity index (χ0v) is 9.31. The van der Waals surface area contributed by atoms with Crippen molar-refractivity contribution < 1.29 is 15.0 Å². The minimum Gasteiger partial charge on any atom is -0.508 e. The number of carboxylic acid groups (broad SMARTS) is 1. The van der Waals surface area contributed by atoms with Crippen LogP contribution in [0.5, 0.6) is 5.75 Å². The fourth-order valence-corrected chi connectivity index (χ4v) is 1.61. The van der Waals surface area contributed by atoms with E-state index in [9.17, 15) is 9.90 Å². The van der Waals surface area contributed by atoms with Gasteiger partial charge in [0.2, 0.25) is 0 Å². The van der Waals surface area contributed by atoms with Gasteiger partial charge in [-0.1, -0.05) is 25.1 Å². The Balaban J connectivity index is 2.60. The highest BCUT2D eigenvalue weighted by Crippen LogP contribution is 2.25. The van der Waals surface area contributed by atoms with Crippen LogP contribution in [0, 0.1) is 0 Å². The summed E-state index contributed by atoms with van der Waals surface area (Å²) in [4.78, 5) is 10.4. The van der Waals surface area contributed by atoms with Gasteiger partial charge in [0.05, 0.1) is 6.42 Å². The Kier molecular flexibility index (Phi) is 4.79. The first-order valence-electron chi connectivity index (χ1n) is 5.38. The number of rotatable bonds is 6. The third kappa shape index (κ3) is 3.55. The largest absolute Gasteiger partial charge is 0.508 e. The van der Waals surface area contributed by atoms with Crippen LogP contribution in [0.15, 0.2) is 24.3 Å². The van der Waals surface area contributed by atoms with Crippen LogP contribution >= 0.6 is 0 Å². The number of para-hydroxylation sites is 1. The molecule has 0 heterocycles. The van der Waals surface area contributed by atoms with Gasteiger partial charge in [0.25, 0.3) is 0 Å². The zero-order valence-electron chi connectivity index (χ0n) is 9.31. The fourth-order valence-electron chi connectivity index (χ4n) is 1.61. The minimum atomic E-state index is -0.820. The Morgan fingerprint density at radius 1 is 1.44 bits per heavy atom. The summed E-state index contributed by atoms with van der Waals surface area (Å²) in [5.74, 6) is -0.572. The van der Waals surface area contributed by atoms with E-state index >= 15 is 0 Å². The summed E-state index contributed by atoms with van der Waals surface area (Å²) in [5.41, 5.74) is 0.815. The van der Waals surface area contributed by atoms with Crippen molar-refractivity contribution in [2.75, 3.05) is 6.54 Å². The smallest absolute Gasteiger partial charge is 0.304 e. The molecule has 1 aromatic carbocycles. The van der Waals surface area contributed by atoms with Crippen molar-refractivity contribution in [1.82, 2.24) is 5.32 Å². The normalized spacial score (nSPS) is 12.3. The molecule has 88 valence electrons. The monoisotopic (exact) mass is 223 g/mol. The molecule has 0 aromatic heterocycles. The molecule has 0 amide bonds. The zero-order chi connectivity index (χ0) is 12.0. The number of hydrogen-bond donors (Lipinski definition) is 3. The van der Waals surface area contributed by atoms with E-state index < -0.39 is 5.97 Å². The van der Waals surface area contributed by atoms with Gasteiger partial charge in [0, 0.05) is 18.2 Å². The predicted octanol–water partition coefficient (Wildman–Crippen LogP) is 1.91. The lowest BCUT2D eigenvalue weighted by Gasteiger charge is -2.17. The molecule has 1 rings (SSSR count). The number of nitrogens with one attached hydrogen (secondary N) is 1. The van der Waals surface area contributed by atoms with Gasteiger partial charge < -0.3 is 15.5 Å². The maximum Gasteiger partial charge on any atom is 0.304 e. The molecule has 4 nitrogen and oxygen atoms in total. The maximum absolute atomic E-state index is 10.4. The third-order valence-electron chi connectivity index (χ3n) is 2.45. The van der Waals surface area contributed by atoms with Crippen molar-refractivity contribution in [1.29, 1.82) is 0 Å². The van der Waals surface area contributed by atoms with E-state index in [2.05, 4.69) is 5.32 Å². The Hall–Kier alpha value is -1.55. The van der Waals surface area contributed by atoms with Crippen LogP contribution in [-0.2, 0) is 4.79 Å². The second-order valence-corrected chi connectivity index (χ2v) is 3.62. The summed E-state index contributed by atoms with van der Waals surface area (Å²) < 4.78 is 0. The molecule has 0 saturated carbocycles. The number of carbonyl (C=O) groups is 1. The molecule has 1 aromatic rings. The van der Waals surface area contributed by atoms with Crippen LogP contribution in [0.4, 0.5) is 0 Å². The van der Waals surface area contributed by atoms with Crippen LogP contribution in [0.2, 0.25) is 0 Å².